The van der Waals surface area contributed by atoms with Crippen LogP contribution in [0, 0.1) is 0 Å². The van der Waals surface area contributed by atoms with E-state index in [9.17, 15) is 8.42 Å². The molecule has 0 aromatic carbocycles. The van der Waals surface area contributed by atoms with Crippen molar-refractivity contribution in [3.63, 3.8) is 0 Å². The van der Waals surface area contributed by atoms with E-state index < -0.39 is 15.2 Å². The van der Waals surface area contributed by atoms with Crippen molar-refractivity contribution in [2.75, 3.05) is 30.9 Å². The summed E-state index contributed by atoms with van der Waals surface area (Å²) in [5, 5.41) is -0.535. The van der Waals surface area contributed by atoms with Gasteiger partial charge < -0.3 is 4.90 Å². The van der Waals surface area contributed by atoms with Crippen LogP contribution in [0.15, 0.2) is 4.99 Å². The number of guanidine groups is 1. The van der Waals surface area contributed by atoms with Crippen LogP contribution >= 0.6 is 11.8 Å². The van der Waals surface area contributed by atoms with Crippen LogP contribution in [0.4, 0.5) is 0 Å². The van der Waals surface area contributed by atoms with Crippen molar-refractivity contribution >= 4 is 27.6 Å². The number of aliphatic imine (C=N–C) groups is 1. The molecule has 0 radical (unpaired) electrons. The first-order valence-corrected chi connectivity index (χ1v) is 8.16. The molecular weight excluding hydrogens is 248 g/mol. The molecule has 1 saturated heterocycles. The minimum Gasteiger partial charge on any atom is -0.323 e. The summed E-state index contributed by atoms with van der Waals surface area (Å²) in [5.41, 5.74) is 2.48. The van der Waals surface area contributed by atoms with Crippen molar-refractivity contribution in [1.29, 1.82) is 0 Å². The topological polar surface area (TPSA) is 87.8 Å². The first kappa shape index (κ1) is 13.6. The van der Waals surface area contributed by atoms with Crippen molar-refractivity contribution in [1.82, 2.24) is 10.3 Å². The third kappa shape index (κ3) is 3.26. The highest BCUT2D eigenvalue weighted by molar-refractivity contribution is 8.00. The number of rotatable bonds is 2. The fourth-order valence-corrected chi connectivity index (χ4v) is 4.37. The second kappa shape index (κ2) is 5.74. The lowest BCUT2D eigenvalue weighted by Crippen LogP contribution is -2.55. The zero-order chi connectivity index (χ0) is 12.2. The number of nitrogens with zero attached hydrogens (tertiary/aromatic N) is 2. The first-order valence-electron chi connectivity index (χ1n) is 5.05. The first-order chi connectivity index (χ1) is 7.50. The molecule has 0 aliphatic carbocycles. The van der Waals surface area contributed by atoms with Gasteiger partial charge in [-0.1, -0.05) is 0 Å². The molecule has 1 aliphatic rings. The third-order valence-electron chi connectivity index (χ3n) is 2.29. The lowest BCUT2D eigenvalue weighted by atomic mass is 10.5. The highest BCUT2D eigenvalue weighted by Crippen LogP contribution is 2.20. The normalized spacial score (nSPS) is 23.3. The standard InChI is InChI=1S/C8H18N4O2S2/c1-3-10-8(11-9)12-4-5-15-6-7(12)16(2,13)14/h7H,3-6,9H2,1-2H3,(H,10,11). The largest absolute Gasteiger partial charge is 0.323 e. The number of hydrogen-bond donors (Lipinski definition) is 2. The second-order valence-electron chi connectivity index (χ2n) is 3.49. The van der Waals surface area contributed by atoms with Crippen molar-refractivity contribution in [3.05, 3.63) is 0 Å². The molecule has 0 aromatic heterocycles. The summed E-state index contributed by atoms with van der Waals surface area (Å²) in [4.78, 5) is 5.89. The average Bonchev–Trinajstić information content (AvgIpc) is 2.25. The van der Waals surface area contributed by atoms with Crippen molar-refractivity contribution in [2.24, 2.45) is 10.8 Å². The highest BCUT2D eigenvalue weighted by atomic mass is 32.2. The van der Waals surface area contributed by atoms with Crippen LogP contribution in [0.1, 0.15) is 6.92 Å². The molecule has 8 heteroatoms. The Hall–Kier alpha value is -0.470. The Labute approximate surface area is 101 Å². The average molecular weight is 266 g/mol. The summed E-state index contributed by atoms with van der Waals surface area (Å²) < 4.78 is 23.3. The van der Waals surface area contributed by atoms with Gasteiger partial charge in [0.25, 0.3) is 0 Å². The molecule has 1 aliphatic heterocycles. The van der Waals surface area contributed by atoms with E-state index in [4.69, 9.17) is 5.84 Å². The van der Waals surface area contributed by atoms with E-state index in [0.29, 0.717) is 24.8 Å². The molecule has 1 heterocycles. The number of nitrogens with one attached hydrogen (secondary N) is 1. The smallest absolute Gasteiger partial charge is 0.209 e. The molecule has 1 rings (SSSR count). The van der Waals surface area contributed by atoms with E-state index in [1.54, 1.807) is 16.7 Å². The summed E-state index contributed by atoms with van der Waals surface area (Å²) in [6.45, 7) is 3.09. The van der Waals surface area contributed by atoms with Crippen LogP contribution < -0.4 is 11.3 Å². The van der Waals surface area contributed by atoms with E-state index in [2.05, 4.69) is 10.4 Å². The summed E-state index contributed by atoms with van der Waals surface area (Å²) in [7, 11) is -3.12. The van der Waals surface area contributed by atoms with Gasteiger partial charge in [0.05, 0.1) is 0 Å². The summed E-state index contributed by atoms with van der Waals surface area (Å²) >= 11 is 1.64. The van der Waals surface area contributed by atoms with Gasteiger partial charge in [0.15, 0.2) is 9.84 Å². The lowest BCUT2D eigenvalue weighted by molar-refractivity contribution is 0.396. The molecule has 0 spiro atoms. The van der Waals surface area contributed by atoms with E-state index in [-0.39, 0.29) is 0 Å². The molecule has 6 nitrogen and oxygen atoms in total. The molecule has 0 bridgehead atoms. The van der Waals surface area contributed by atoms with Gasteiger partial charge in [0.2, 0.25) is 5.96 Å². The molecule has 1 fully saturated rings. The molecule has 0 aromatic rings. The van der Waals surface area contributed by atoms with Crippen molar-refractivity contribution < 1.29 is 8.42 Å². The fraction of sp³-hybridized carbons (Fsp3) is 0.875. The van der Waals surface area contributed by atoms with Crippen LogP contribution in [0.3, 0.4) is 0 Å². The van der Waals surface area contributed by atoms with E-state index in [1.165, 1.54) is 6.26 Å². The van der Waals surface area contributed by atoms with Crippen LogP contribution in [-0.4, -0.2) is 55.5 Å². The molecule has 1 atom stereocenters. The summed E-state index contributed by atoms with van der Waals surface area (Å²) in [6.07, 6.45) is 1.25. The zero-order valence-corrected chi connectivity index (χ0v) is 11.1. The second-order valence-corrected chi connectivity index (χ2v) is 6.85. The van der Waals surface area contributed by atoms with E-state index in [1.807, 2.05) is 6.92 Å². The number of thioether (sulfide) groups is 1. The van der Waals surface area contributed by atoms with Gasteiger partial charge in [-0.2, -0.15) is 11.8 Å². The fourth-order valence-electron chi connectivity index (χ4n) is 1.55. The summed E-state index contributed by atoms with van der Waals surface area (Å²) in [5.74, 6) is 7.27. The number of hydrogen-bond acceptors (Lipinski definition) is 5. The maximum absolute atomic E-state index is 11.6. The highest BCUT2D eigenvalue weighted by Gasteiger charge is 2.32. The Morgan fingerprint density at radius 1 is 1.69 bits per heavy atom. The predicted octanol–water partition coefficient (Wildman–Crippen LogP) is -0.755. The Morgan fingerprint density at radius 2 is 2.38 bits per heavy atom. The molecular formula is C8H18N4O2S2. The van der Waals surface area contributed by atoms with Gasteiger partial charge in [0, 0.05) is 30.9 Å². The monoisotopic (exact) mass is 266 g/mol. The summed E-state index contributed by atoms with van der Waals surface area (Å²) in [6, 6.07) is 0. The molecule has 16 heavy (non-hydrogen) atoms. The van der Waals surface area contributed by atoms with Crippen LogP contribution in [-0.2, 0) is 9.84 Å². The van der Waals surface area contributed by atoms with Crippen LogP contribution in [0.25, 0.3) is 0 Å². The van der Waals surface area contributed by atoms with Gasteiger partial charge in [-0.05, 0) is 6.92 Å². The SMILES string of the molecule is CCN=C(NN)N1CCSCC1S(C)(=O)=O. The van der Waals surface area contributed by atoms with Gasteiger partial charge >= 0.3 is 0 Å². The molecule has 3 N–H and O–H groups in total. The minimum absolute atomic E-state index is 0.457. The lowest BCUT2D eigenvalue weighted by Gasteiger charge is -2.35. The maximum Gasteiger partial charge on any atom is 0.209 e. The van der Waals surface area contributed by atoms with Crippen LogP contribution in [0.5, 0.6) is 0 Å². The number of sulfone groups is 1. The quantitative estimate of drug-likeness (QED) is 0.296. The van der Waals surface area contributed by atoms with Crippen molar-refractivity contribution in [3.8, 4) is 0 Å². The molecule has 94 valence electrons. The zero-order valence-electron chi connectivity index (χ0n) is 9.51. The Kier molecular flexibility index (Phi) is 4.88. The van der Waals surface area contributed by atoms with Gasteiger partial charge in [0.1, 0.15) is 5.37 Å². The van der Waals surface area contributed by atoms with Gasteiger partial charge in [-0.3, -0.25) is 10.4 Å². The molecule has 0 saturated carbocycles. The number of hydrazine groups is 1. The third-order valence-corrected chi connectivity index (χ3v) is 4.93. The van der Waals surface area contributed by atoms with E-state index in [0.717, 1.165) is 5.75 Å². The Bertz CT molecular complexity index is 355. The maximum atomic E-state index is 11.6. The van der Waals surface area contributed by atoms with Gasteiger partial charge in [-0.15, -0.1) is 0 Å². The minimum atomic E-state index is -3.12. The Morgan fingerprint density at radius 3 is 2.88 bits per heavy atom. The molecule has 0 amide bonds. The van der Waals surface area contributed by atoms with Crippen molar-refractivity contribution in [2.45, 2.75) is 12.3 Å². The van der Waals surface area contributed by atoms with Crippen LogP contribution in [0.2, 0.25) is 0 Å². The molecule has 1 unspecified atom stereocenters. The van der Waals surface area contributed by atoms with E-state index >= 15 is 0 Å². The predicted molar refractivity (Wildman–Crippen MR) is 68.0 cm³/mol. The number of nitrogens with two attached hydrogens (primary N) is 1. The van der Waals surface area contributed by atoms with Gasteiger partial charge in [-0.25, -0.2) is 14.3 Å². The Balaban J connectivity index is 2.94.